The van der Waals surface area contributed by atoms with Crippen molar-refractivity contribution in [1.82, 2.24) is 15.5 Å². The number of benzene rings is 1. The van der Waals surface area contributed by atoms with E-state index in [2.05, 4.69) is 10.6 Å². The van der Waals surface area contributed by atoms with E-state index in [0.29, 0.717) is 12.8 Å². The summed E-state index contributed by atoms with van der Waals surface area (Å²) in [5.74, 6) is -1.13. The highest BCUT2D eigenvalue weighted by atomic mass is 16.4. The van der Waals surface area contributed by atoms with E-state index in [0.717, 1.165) is 5.56 Å². The van der Waals surface area contributed by atoms with Crippen LogP contribution in [0.4, 0.5) is 4.79 Å². The summed E-state index contributed by atoms with van der Waals surface area (Å²) < 4.78 is 0. The zero-order chi connectivity index (χ0) is 17.2. The number of carboxylic acids is 1. The van der Waals surface area contributed by atoms with Crippen LogP contribution >= 0.6 is 0 Å². The van der Waals surface area contributed by atoms with Crippen LogP contribution in [0.25, 0.3) is 0 Å². The van der Waals surface area contributed by atoms with Gasteiger partial charge in [-0.15, -0.1) is 0 Å². The number of likely N-dealkylation sites (N-methyl/N-ethyl adjacent to an activating group) is 1. The summed E-state index contributed by atoms with van der Waals surface area (Å²) in [4.78, 5) is 35.5. The maximum atomic E-state index is 11.9. The summed E-state index contributed by atoms with van der Waals surface area (Å²) in [5.41, 5.74) is 1.01. The molecule has 0 spiro atoms. The van der Waals surface area contributed by atoms with Crippen molar-refractivity contribution in [2.75, 3.05) is 20.6 Å². The fourth-order valence-corrected chi connectivity index (χ4v) is 1.97. The Bertz CT molecular complexity index is 531. The van der Waals surface area contributed by atoms with Gasteiger partial charge >= 0.3 is 12.0 Å². The predicted molar refractivity (Wildman–Crippen MR) is 86.0 cm³/mol. The van der Waals surface area contributed by atoms with E-state index >= 15 is 0 Å². The van der Waals surface area contributed by atoms with Gasteiger partial charge in [0.05, 0.1) is 6.54 Å². The molecule has 7 nitrogen and oxygen atoms in total. The van der Waals surface area contributed by atoms with Gasteiger partial charge in [-0.1, -0.05) is 30.3 Å². The largest absolute Gasteiger partial charge is 0.481 e. The Kier molecular flexibility index (Phi) is 7.59. The van der Waals surface area contributed by atoms with Gasteiger partial charge in [-0.3, -0.25) is 9.59 Å². The number of carbonyl (C=O) groups is 3. The van der Waals surface area contributed by atoms with Crippen molar-refractivity contribution in [3.63, 3.8) is 0 Å². The smallest absolute Gasteiger partial charge is 0.315 e. The van der Waals surface area contributed by atoms with Gasteiger partial charge in [-0.05, 0) is 18.4 Å². The van der Waals surface area contributed by atoms with Crippen molar-refractivity contribution in [2.24, 2.45) is 0 Å². The van der Waals surface area contributed by atoms with Gasteiger partial charge in [0.1, 0.15) is 0 Å². The van der Waals surface area contributed by atoms with Crippen LogP contribution in [0.2, 0.25) is 0 Å². The molecular formula is C16H23N3O4. The van der Waals surface area contributed by atoms with Crippen LogP contribution in [0.15, 0.2) is 30.3 Å². The molecule has 0 saturated carbocycles. The minimum absolute atomic E-state index is 0.0333. The molecule has 1 unspecified atom stereocenters. The molecule has 0 saturated heterocycles. The van der Waals surface area contributed by atoms with Crippen LogP contribution in [0.1, 0.15) is 18.4 Å². The summed E-state index contributed by atoms with van der Waals surface area (Å²) in [6.07, 6.45) is 0.816. The lowest BCUT2D eigenvalue weighted by atomic mass is 10.0. The molecule has 7 heteroatoms. The Morgan fingerprint density at radius 2 is 1.83 bits per heavy atom. The third-order valence-corrected chi connectivity index (χ3v) is 3.27. The number of hydrogen-bond donors (Lipinski definition) is 3. The summed E-state index contributed by atoms with van der Waals surface area (Å²) in [5, 5.41) is 14.0. The average Bonchev–Trinajstić information content (AvgIpc) is 2.51. The lowest BCUT2D eigenvalue weighted by Gasteiger charge is -2.19. The molecule has 1 rings (SSSR count). The third kappa shape index (κ3) is 7.85. The zero-order valence-corrected chi connectivity index (χ0v) is 13.4. The minimum atomic E-state index is -0.909. The molecular weight excluding hydrogens is 298 g/mol. The summed E-state index contributed by atoms with van der Waals surface area (Å²) >= 11 is 0. The van der Waals surface area contributed by atoms with Gasteiger partial charge in [-0.2, -0.15) is 0 Å². The van der Waals surface area contributed by atoms with Gasteiger partial charge in [0.2, 0.25) is 5.91 Å². The van der Waals surface area contributed by atoms with Crippen LogP contribution in [0.5, 0.6) is 0 Å². The molecule has 0 aromatic heterocycles. The molecule has 1 aromatic rings. The highest BCUT2D eigenvalue weighted by molar-refractivity contribution is 5.83. The lowest BCUT2D eigenvalue weighted by molar-refractivity contribution is -0.137. The number of nitrogens with zero attached hydrogens (tertiary/aromatic N) is 1. The second-order valence-corrected chi connectivity index (χ2v) is 5.43. The number of aliphatic carboxylic acids is 1. The maximum Gasteiger partial charge on any atom is 0.315 e. The number of carbonyl (C=O) groups excluding carboxylic acids is 2. The Labute approximate surface area is 135 Å². The van der Waals surface area contributed by atoms with E-state index in [-0.39, 0.29) is 24.9 Å². The SMILES string of the molecule is CN(C)C(=O)CNC(=O)NC(CCC(=O)O)Cc1ccccc1. The molecule has 23 heavy (non-hydrogen) atoms. The number of urea groups is 1. The molecule has 0 heterocycles. The second kappa shape index (κ2) is 9.45. The van der Waals surface area contributed by atoms with Crippen LogP contribution in [-0.2, 0) is 16.0 Å². The number of rotatable bonds is 8. The first-order chi connectivity index (χ1) is 10.9. The second-order valence-electron chi connectivity index (χ2n) is 5.43. The molecule has 0 fully saturated rings. The minimum Gasteiger partial charge on any atom is -0.481 e. The molecule has 0 bridgehead atoms. The van der Waals surface area contributed by atoms with E-state index < -0.39 is 12.0 Å². The van der Waals surface area contributed by atoms with Gasteiger partial charge < -0.3 is 20.6 Å². The first-order valence-corrected chi connectivity index (χ1v) is 7.38. The Morgan fingerprint density at radius 1 is 1.17 bits per heavy atom. The van der Waals surface area contributed by atoms with E-state index in [1.807, 2.05) is 30.3 Å². The van der Waals surface area contributed by atoms with E-state index in [1.54, 1.807) is 14.1 Å². The Balaban J connectivity index is 2.56. The average molecular weight is 321 g/mol. The first kappa shape index (κ1) is 18.5. The number of hydrogen-bond acceptors (Lipinski definition) is 3. The highest BCUT2D eigenvalue weighted by Crippen LogP contribution is 2.08. The molecule has 3 amide bonds. The molecule has 1 atom stereocenters. The van der Waals surface area contributed by atoms with Crippen LogP contribution in [0.3, 0.4) is 0 Å². The van der Waals surface area contributed by atoms with Crippen molar-refractivity contribution >= 4 is 17.9 Å². The van der Waals surface area contributed by atoms with Crippen molar-refractivity contribution in [3.8, 4) is 0 Å². The van der Waals surface area contributed by atoms with Crippen LogP contribution in [0, 0.1) is 0 Å². The van der Waals surface area contributed by atoms with E-state index in [1.165, 1.54) is 4.90 Å². The van der Waals surface area contributed by atoms with Crippen LogP contribution in [-0.4, -0.2) is 54.6 Å². The van der Waals surface area contributed by atoms with Crippen molar-refractivity contribution in [1.29, 1.82) is 0 Å². The van der Waals surface area contributed by atoms with E-state index in [4.69, 9.17) is 5.11 Å². The monoisotopic (exact) mass is 321 g/mol. The fraction of sp³-hybridized carbons (Fsp3) is 0.438. The number of carboxylic acid groups (broad SMARTS) is 1. The third-order valence-electron chi connectivity index (χ3n) is 3.27. The molecule has 1 aromatic carbocycles. The van der Waals surface area contributed by atoms with Crippen molar-refractivity contribution in [2.45, 2.75) is 25.3 Å². The first-order valence-electron chi connectivity index (χ1n) is 7.38. The molecule has 0 radical (unpaired) electrons. The van der Waals surface area contributed by atoms with Gasteiger partial charge in [0.15, 0.2) is 0 Å². The van der Waals surface area contributed by atoms with Gasteiger partial charge in [0, 0.05) is 26.6 Å². The van der Waals surface area contributed by atoms with Crippen LogP contribution < -0.4 is 10.6 Å². The summed E-state index contributed by atoms with van der Waals surface area (Å²) in [7, 11) is 3.21. The van der Waals surface area contributed by atoms with Crippen molar-refractivity contribution < 1.29 is 19.5 Å². The topological polar surface area (TPSA) is 98.7 Å². The van der Waals surface area contributed by atoms with Crippen molar-refractivity contribution in [3.05, 3.63) is 35.9 Å². The normalized spacial score (nSPS) is 11.4. The Hall–Kier alpha value is -2.57. The molecule has 126 valence electrons. The van der Waals surface area contributed by atoms with Gasteiger partial charge in [-0.25, -0.2) is 4.79 Å². The maximum absolute atomic E-state index is 11.9. The molecule has 0 aliphatic heterocycles. The van der Waals surface area contributed by atoms with Gasteiger partial charge in [0.25, 0.3) is 0 Å². The number of nitrogens with one attached hydrogen (secondary N) is 2. The standard InChI is InChI=1S/C16H23N3O4/c1-19(2)14(20)11-17-16(23)18-13(8-9-15(21)22)10-12-6-4-3-5-7-12/h3-7,13H,8-11H2,1-2H3,(H,21,22)(H2,17,18,23). The summed E-state index contributed by atoms with van der Waals surface area (Å²) in [6, 6.07) is 8.71. The fourth-order valence-electron chi connectivity index (χ4n) is 1.97. The lowest BCUT2D eigenvalue weighted by Crippen LogP contribution is -2.46. The highest BCUT2D eigenvalue weighted by Gasteiger charge is 2.15. The molecule has 0 aliphatic rings. The zero-order valence-electron chi connectivity index (χ0n) is 13.4. The molecule has 0 aliphatic carbocycles. The summed E-state index contributed by atoms with van der Waals surface area (Å²) in [6.45, 7) is -0.101. The predicted octanol–water partition coefficient (Wildman–Crippen LogP) is 0.850. The quantitative estimate of drug-likeness (QED) is 0.661. The number of amides is 3. The molecule has 3 N–H and O–H groups in total. The Morgan fingerprint density at radius 3 is 2.39 bits per heavy atom. The van der Waals surface area contributed by atoms with E-state index in [9.17, 15) is 14.4 Å².